The molecule has 0 amide bonds. The van der Waals surface area contributed by atoms with E-state index in [1.807, 2.05) is 0 Å². The third-order valence-electron chi connectivity index (χ3n) is 2.95. The van der Waals surface area contributed by atoms with Crippen molar-refractivity contribution in [3.63, 3.8) is 0 Å². The van der Waals surface area contributed by atoms with Crippen molar-refractivity contribution in [1.29, 1.82) is 0 Å². The second kappa shape index (κ2) is 7.59. The van der Waals surface area contributed by atoms with Crippen LogP contribution in [0.3, 0.4) is 0 Å². The highest BCUT2D eigenvalue weighted by Gasteiger charge is 2.19. The molecule has 1 heterocycles. The summed E-state index contributed by atoms with van der Waals surface area (Å²) in [5, 5.41) is 25.6. The number of nitrogens with one attached hydrogen (secondary N) is 1. The molecule has 0 fully saturated rings. The number of carbonyl (C=O) groups excluding carboxylic acids is 1. The molecule has 11 nitrogen and oxygen atoms in total. The summed E-state index contributed by atoms with van der Waals surface area (Å²) in [6.07, 6.45) is 2.34. The molecule has 2 aromatic rings. The number of ether oxygens (including phenoxy) is 1. The number of carbonyl (C=O) groups is 1. The molecular weight excluding hydrogens is 334 g/mol. The van der Waals surface area contributed by atoms with Gasteiger partial charge in [-0.1, -0.05) is 12.1 Å². The Labute approximate surface area is 140 Å². The minimum atomic E-state index is -0.762. The molecule has 0 unspecified atom stereocenters. The van der Waals surface area contributed by atoms with E-state index >= 15 is 0 Å². The number of pyridine rings is 1. The van der Waals surface area contributed by atoms with Gasteiger partial charge >= 0.3 is 11.7 Å². The van der Waals surface area contributed by atoms with Crippen molar-refractivity contribution < 1.29 is 19.4 Å². The Balaban J connectivity index is 2.22. The van der Waals surface area contributed by atoms with Gasteiger partial charge in [0.15, 0.2) is 0 Å². The smallest absolute Gasteiger partial charge is 0.339 e. The predicted molar refractivity (Wildman–Crippen MR) is 86.5 cm³/mol. The Hall–Kier alpha value is -3.89. The molecule has 2 rings (SSSR count). The molecular formula is C14H11N5O6. The van der Waals surface area contributed by atoms with Crippen LogP contribution in [0.4, 0.5) is 17.2 Å². The number of methoxy groups -OCH3 is 1. The quantitative estimate of drug-likeness (QED) is 0.362. The molecule has 0 bridgehead atoms. The predicted octanol–water partition coefficient (Wildman–Crippen LogP) is 2.13. The standard InChI is InChI=1S/C14H11N5O6/c1-25-14(20)10-6-12(19(23)24)13(15-8-10)17-16-7-9-3-2-4-11(5-9)18(21)22/h2-8H,1H3,(H,15,17)/b16-7+. The first-order valence-corrected chi connectivity index (χ1v) is 6.68. The summed E-state index contributed by atoms with van der Waals surface area (Å²) in [6.45, 7) is 0. The lowest BCUT2D eigenvalue weighted by Crippen LogP contribution is -2.06. The molecule has 128 valence electrons. The second-order valence-electron chi connectivity index (χ2n) is 4.56. The molecule has 0 aliphatic heterocycles. The summed E-state index contributed by atoms with van der Waals surface area (Å²) in [5.41, 5.74) is 2.11. The molecule has 0 aliphatic carbocycles. The molecule has 0 spiro atoms. The van der Waals surface area contributed by atoms with Gasteiger partial charge in [0.05, 0.1) is 28.7 Å². The summed E-state index contributed by atoms with van der Waals surface area (Å²) in [7, 11) is 1.14. The Bertz CT molecular complexity index is 867. The average Bonchev–Trinajstić information content (AvgIpc) is 2.61. The normalized spacial score (nSPS) is 10.4. The van der Waals surface area contributed by atoms with Crippen molar-refractivity contribution in [2.24, 2.45) is 5.10 Å². The van der Waals surface area contributed by atoms with Gasteiger partial charge in [0.1, 0.15) is 0 Å². The minimum Gasteiger partial charge on any atom is -0.465 e. The number of nitrogens with zero attached hydrogens (tertiary/aromatic N) is 4. The fraction of sp³-hybridized carbons (Fsp3) is 0.0714. The fourth-order valence-electron chi connectivity index (χ4n) is 1.79. The third-order valence-corrected chi connectivity index (χ3v) is 2.95. The van der Waals surface area contributed by atoms with Crippen molar-refractivity contribution in [2.75, 3.05) is 12.5 Å². The third kappa shape index (κ3) is 4.31. The number of benzene rings is 1. The fourth-order valence-corrected chi connectivity index (χ4v) is 1.79. The molecule has 1 N–H and O–H groups in total. The molecule has 0 aliphatic rings. The van der Waals surface area contributed by atoms with Crippen molar-refractivity contribution in [3.8, 4) is 0 Å². The summed E-state index contributed by atoms with van der Waals surface area (Å²) < 4.78 is 4.47. The van der Waals surface area contributed by atoms with Crippen LogP contribution in [0, 0.1) is 20.2 Å². The van der Waals surface area contributed by atoms with Gasteiger partial charge in [-0.05, 0) is 0 Å². The number of aromatic nitrogens is 1. The van der Waals surface area contributed by atoms with Gasteiger partial charge in [0, 0.05) is 30.0 Å². The monoisotopic (exact) mass is 345 g/mol. The highest BCUT2D eigenvalue weighted by molar-refractivity contribution is 5.90. The Kier molecular flexibility index (Phi) is 5.30. The number of nitro benzene ring substituents is 1. The lowest BCUT2D eigenvalue weighted by Gasteiger charge is -2.03. The Morgan fingerprint density at radius 2 is 2.04 bits per heavy atom. The van der Waals surface area contributed by atoms with Crippen LogP contribution in [0.5, 0.6) is 0 Å². The maximum absolute atomic E-state index is 11.4. The number of anilines is 1. The summed E-state index contributed by atoms with van der Waals surface area (Å²) >= 11 is 0. The van der Waals surface area contributed by atoms with Crippen LogP contribution >= 0.6 is 0 Å². The number of rotatable bonds is 6. The topological polar surface area (TPSA) is 150 Å². The van der Waals surface area contributed by atoms with E-state index < -0.39 is 21.5 Å². The van der Waals surface area contributed by atoms with Gasteiger partial charge < -0.3 is 4.74 Å². The number of nitro groups is 2. The molecule has 0 atom stereocenters. The van der Waals surface area contributed by atoms with Gasteiger partial charge in [-0.2, -0.15) is 5.10 Å². The zero-order valence-corrected chi connectivity index (χ0v) is 12.8. The first-order chi connectivity index (χ1) is 11.9. The van der Waals surface area contributed by atoms with E-state index in [9.17, 15) is 25.0 Å². The summed E-state index contributed by atoms with van der Waals surface area (Å²) in [6, 6.07) is 6.66. The summed E-state index contributed by atoms with van der Waals surface area (Å²) in [5.74, 6) is -0.957. The minimum absolute atomic E-state index is 0.0811. The molecule has 1 aromatic heterocycles. The van der Waals surface area contributed by atoms with E-state index in [2.05, 4.69) is 20.2 Å². The summed E-state index contributed by atoms with van der Waals surface area (Å²) in [4.78, 5) is 35.7. The van der Waals surface area contributed by atoms with E-state index in [1.54, 1.807) is 6.07 Å². The first-order valence-electron chi connectivity index (χ1n) is 6.68. The number of hydrazone groups is 1. The largest absolute Gasteiger partial charge is 0.465 e. The van der Waals surface area contributed by atoms with E-state index in [1.165, 1.54) is 24.4 Å². The van der Waals surface area contributed by atoms with Gasteiger partial charge in [0.25, 0.3) is 5.69 Å². The number of non-ortho nitro benzene ring substituents is 1. The van der Waals surface area contributed by atoms with E-state index in [4.69, 9.17) is 0 Å². The van der Waals surface area contributed by atoms with Crippen LogP contribution in [-0.4, -0.2) is 34.1 Å². The van der Waals surface area contributed by atoms with Crippen molar-refractivity contribution in [1.82, 2.24) is 4.98 Å². The van der Waals surface area contributed by atoms with E-state index in [0.29, 0.717) is 5.56 Å². The van der Waals surface area contributed by atoms with Crippen LogP contribution in [0.25, 0.3) is 0 Å². The lowest BCUT2D eigenvalue weighted by atomic mass is 10.2. The Morgan fingerprint density at radius 3 is 2.68 bits per heavy atom. The van der Waals surface area contributed by atoms with Crippen molar-refractivity contribution in [3.05, 3.63) is 67.9 Å². The van der Waals surface area contributed by atoms with Crippen LogP contribution in [-0.2, 0) is 4.74 Å². The molecule has 0 radical (unpaired) electrons. The van der Waals surface area contributed by atoms with Gasteiger partial charge in [-0.3, -0.25) is 25.7 Å². The zero-order chi connectivity index (χ0) is 18.4. The van der Waals surface area contributed by atoms with Gasteiger partial charge in [-0.15, -0.1) is 0 Å². The molecule has 1 aromatic carbocycles. The second-order valence-corrected chi connectivity index (χ2v) is 4.56. The lowest BCUT2D eigenvalue weighted by molar-refractivity contribution is -0.384. The molecule has 25 heavy (non-hydrogen) atoms. The highest BCUT2D eigenvalue weighted by Crippen LogP contribution is 2.23. The van der Waals surface area contributed by atoms with Crippen LogP contribution in [0.1, 0.15) is 15.9 Å². The van der Waals surface area contributed by atoms with Gasteiger partial charge in [0.2, 0.25) is 5.82 Å². The maximum atomic E-state index is 11.4. The molecule has 0 saturated heterocycles. The highest BCUT2D eigenvalue weighted by atomic mass is 16.6. The van der Waals surface area contributed by atoms with Crippen LogP contribution in [0.15, 0.2) is 41.6 Å². The van der Waals surface area contributed by atoms with E-state index in [0.717, 1.165) is 19.4 Å². The van der Waals surface area contributed by atoms with Gasteiger partial charge in [-0.25, -0.2) is 9.78 Å². The van der Waals surface area contributed by atoms with E-state index in [-0.39, 0.29) is 17.1 Å². The SMILES string of the molecule is COC(=O)c1cnc(N/N=C/c2cccc([N+](=O)[O-])c2)c([N+](=O)[O-])c1. The number of esters is 1. The first kappa shape index (κ1) is 17.5. The molecule has 11 heteroatoms. The average molecular weight is 345 g/mol. The molecule has 0 saturated carbocycles. The maximum Gasteiger partial charge on any atom is 0.339 e. The zero-order valence-electron chi connectivity index (χ0n) is 12.8. The van der Waals surface area contributed by atoms with Crippen LogP contribution < -0.4 is 5.43 Å². The van der Waals surface area contributed by atoms with Crippen molar-refractivity contribution >= 4 is 29.4 Å². The number of hydrogen-bond donors (Lipinski definition) is 1. The van der Waals surface area contributed by atoms with Crippen LogP contribution in [0.2, 0.25) is 0 Å². The number of hydrogen-bond acceptors (Lipinski definition) is 9. The Morgan fingerprint density at radius 1 is 1.28 bits per heavy atom. The van der Waals surface area contributed by atoms with Crippen molar-refractivity contribution in [2.45, 2.75) is 0 Å².